The molecule has 0 saturated carbocycles. The van der Waals surface area contributed by atoms with E-state index in [-0.39, 0.29) is 61.4 Å². The number of amides is 4. The number of benzene rings is 2. The van der Waals surface area contributed by atoms with Crippen LogP contribution in [-0.4, -0.2) is 171 Å². The summed E-state index contributed by atoms with van der Waals surface area (Å²) in [5.41, 5.74) is 9.82. The molecule has 0 aliphatic carbocycles. The normalized spacial score (nSPS) is 26.1. The molecule has 2 aromatic carbocycles. The molecule has 1 spiro atoms. The Bertz CT molecular complexity index is 3000. The number of carbonyl (C=O) groups excluding carboxylic acids is 5. The summed E-state index contributed by atoms with van der Waals surface area (Å²) in [6, 6.07) is 16.8. The minimum Gasteiger partial charge on any atom is -0.464 e. The summed E-state index contributed by atoms with van der Waals surface area (Å²) in [6.45, 7) is 17.4. The maximum absolute atomic E-state index is 15.1. The van der Waals surface area contributed by atoms with Gasteiger partial charge in [-0.3, -0.25) is 38.9 Å². The number of likely N-dealkylation sites (tertiary alicyclic amines) is 2. The number of fused-ring (bicyclic) bond motifs is 6. The number of esters is 1. The minimum atomic E-state index is -1.10. The average Bonchev–Trinajstić information content (AvgIpc) is 4.14. The molecule has 6 aliphatic rings. The maximum Gasteiger partial charge on any atom is 0.323 e. The van der Waals surface area contributed by atoms with Crippen molar-refractivity contribution in [1.29, 1.82) is 0 Å². The summed E-state index contributed by atoms with van der Waals surface area (Å²) in [7, 11) is 2.04. The number of hydrazine groups is 1. The number of aryl methyl sites for hydroxylation is 1. The van der Waals surface area contributed by atoms with Crippen LogP contribution >= 0.6 is 0 Å². The Morgan fingerprint density at radius 1 is 0.961 bits per heavy atom. The molecule has 77 heavy (non-hydrogen) atoms. The number of hydrogen-bond donors (Lipinski definition) is 2. The molecule has 10 rings (SSSR count). The van der Waals surface area contributed by atoms with Crippen LogP contribution in [0.4, 0.5) is 0 Å². The highest BCUT2D eigenvalue weighted by Gasteiger charge is 2.54. The van der Waals surface area contributed by atoms with Gasteiger partial charge in [-0.15, -0.1) is 0 Å². The molecule has 4 aromatic rings. The van der Waals surface area contributed by atoms with Crippen molar-refractivity contribution in [2.24, 2.45) is 16.7 Å². The number of methoxy groups -OCH3 is 1. The summed E-state index contributed by atoms with van der Waals surface area (Å²) in [5.74, 6) is 4.03. The van der Waals surface area contributed by atoms with Gasteiger partial charge in [-0.05, 0) is 104 Å². The van der Waals surface area contributed by atoms with Crippen molar-refractivity contribution in [1.82, 2.24) is 40.0 Å². The number of nitrogens with zero attached hydrogens (tertiary/aromatic N) is 6. The van der Waals surface area contributed by atoms with E-state index in [0.717, 1.165) is 56.7 Å². The van der Waals surface area contributed by atoms with Crippen molar-refractivity contribution in [3.8, 4) is 34.2 Å². The van der Waals surface area contributed by atoms with E-state index in [4.69, 9.17) is 23.9 Å². The molecule has 2 N–H and O–H groups in total. The van der Waals surface area contributed by atoms with E-state index >= 15 is 9.59 Å². The van der Waals surface area contributed by atoms with Crippen LogP contribution in [0.25, 0.3) is 33.3 Å². The Kier molecular flexibility index (Phi) is 15.6. The Morgan fingerprint density at radius 3 is 2.51 bits per heavy atom. The van der Waals surface area contributed by atoms with Crippen LogP contribution < -0.4 is 10.7 Å². The molecule has 410 valence electrons. The first-order valence-corrected chi connectivity index (χ1v) is 28.7. The highest BCUT2D eigenvalue weighted by atomic mass is 28.1. The van der Waals surface area contributed by atoms with Gasteiger partial charge < -0.3 is 38.6 Å². The van der Waals surface area contributed by atoms with Crippen molar-refractivity contribution in [3.63, 3.8) is 0 Å². The van der Waals surface area contributed by atoms with Gasteiger partial charge in [0.25, 0.3) is 11.8 Å². The van der Waals surface area contributed by atoms with E-state index in [1.807, 2.05) is 39.0 Å². The number of ether oxygens (including phenoxy) is 4. The highest BCUT2D eigenvalue weighted by molar-refractivity contribution is 6.27. The summed E-state index contributed by atoms with van der Waals surface area (Å²) in [4.78, 5) is 83.3. The number of carbonyl (C=O) groups is 5. The molecule has 17 nitrogen and oxygen atoms in total. The average molecular weight is 1070 g/mol. The number of rotatable bonds is 9. The smallest absolute Gasteiger partial charge is 0.323 e. The molecule has 4 amide bonds. The Morgan fingerprint density at radius 2 is 1.75 bits per heavy atom. The maximum atomic E-state index is 15.1. The predicted molar refractivity (Wildman–Crippen MR) is 295 cm³/mol. The summed E-state index contributed by atoms with van der Waals surface area (Å²) < 4.78 is 25.6. The molecule has 1 unspecified atom stereocenters. The highest BCUT2D eigenvalue weighted by Crippen LogP contribution is 2.44. The van der Waals surface area contributed by atoms with Crippen LogP contribution in [0.2, 0.25) is 0 Å². The lowest BCUT2D eigenvalue weighted by Gasteiger charge is -2.42. The van der Waals surface area contributed by atoms with Crippen LogP contribution in [0.1, 0.15) is 90.2 Å². The van der Waals surface area contributed by atoms with Crippen molar-refractivity contribution in [2.45, 2.75) is 122 Å². The van der Waals surface area contributed by atoms with Crippen molar-refractivity contribution < 1.29 is 42.9 Å². The van der Waals surface area contributed by atoms with Gasteiger partial charge >= 0.3 is 5.97 Å². The van der Waals surface area contributed by atoms with Crippen LogP contribution in [-0.2, 0) is 62.3 Å². The predicted octanol–water partition coefficient (Wildman–Crippen LogP) is 4.02. The first kappa shape index (κ1) is 54.4. The molecule has 2 aromatic heterocycles. The van der Waals surface area contributed by atoms with Crippen molar-refractivity contribution in [3.05, 3.63) is 77.6 Å². The van der Waals surface area contributed by atoms with E-state index in [2.05, 4.69) is 89.2 Å². The second-order valence-corrected chi connectivity index (χ2v) is 25.2. The van der Waals surface area contributed by atoms with Gasteiger partial charge in [-0.2, -0.15) is 0 Å². The third kappa shape index (κ3) is 10.7. The molecule has 5 fully saturated rings. The minimum absolute atomic E-state index is 0.139. The molecule has 6 bridgehead atoms. The lowest BCUT2D eigenvalue weighted by molar-refractivity contribution is -0.158. The van der Waals surface area contributed by atoms with Gasteiger partial charge in [0.2, 0.25) is 11.8 Å². The summed E-state index contributed by atoms with van der Waals surface area (Å²) in [6.07, 6.45) is 4.29. The summed E-state index contributed by atoms with van der Waals surface area (Å²) >= 11 is 0. The van der Waals surface area contributed by atoms with Crippen LogP contribution in [0.5, 0.6) is 0 Å². The molecular weight excluding hydrogens is 993 g/mol. The third-order valence-corrected chi connectivity index (χ3v) is 18.2. The fourth-order valence-corrected chi connectivity index (χ4v) is 13.4. The number of cyclic esters (lactones) is 1. The second-order valence-electron chi connectivity index (χ2n) is 23.5. The second kappa shape index (κ2) is 22.1. The largest absolute Gasteiger partial charge is 0.464 e. The van der Waals surface area contributed by atoms with E-state index in [9.17, 15) is 14.4 Å². The van der Waals surface area contributed by atoms with E-state index in [1.54, 1.807) is 23.1 Å². The number of morpholine rings is 1. The lowest BCUT2D eigenvalue weighted by Crippen LogP contribution is -2.67. The van der Waals surface area contributed by atoms with E-state index in [0.29, 0.717) is 95.0 Å². The number of aromatic nitrogens is 2. The van der Waals surface area contributed by atoms with E-state index in [1.165, 1.54) is 5.01 Å². The summed E-state index contributed by atoms with van der Waals surface area (Å²) in [5, 5.41) is 4.65. The molecule has 0 radical (unpaired) electrons. The van der Waals surface area contributed by atoms with Gasteiger partial charge in [0, 0.05) is 91.1 Å². The van der Waals surface area contributed by atoms with Crippen LogP contribution in [0.3, 0.4) is 0 Å². The van der Waals surface area contributed by atoms with Crippen molar-refractivity contribution >= 4 is 50.7 Å². The molecule has 5 saturated heterocycles. The molecule has 6 aliphatic heterocycles. The Hall–Kier alpha value is -5.94. The van der Waals surface area contributed by atoms with Crippen LogP contribution in [0, 0.1) is 28.6 Å². The monoisotopic (exact) mass is 1070 g/mol. The Balaban J connectivity index is 0.950. The first-order chi connectivity index (χ1) is 36.9. The fourth-order valence-electron chi connectivity index (χ4n) is 12.7. The van der Waals surface area contributed by atoms with Crippen LogP contribution in [0.15, 0.2) is 60.8 Å². The first-order valence-electron chi connectivity index (χ1n) is 27.7. The lowest BCUT2D eigenvalue weighted by atomic mass is 9.84. The fraction of sp³-hybridized carbons (Fsp3) is 0.559. The number of pyridine rings is 1. The van der Waals surface area contributed by atoms with Crippen molar-refractivity contribution in [2.75, 3.05) is 72.9 Å². The van der Waals surface area contributed by atoms with Gasteiger partial charge in [0.05, 0.1) is 68.0 Å². The SMILES string of the molecule is CCn1c(-c2cccnc2[C@H](C)OC)c2c3cc(ccc31)-c1cccc(c1)CC(NC(=O)[C@H](C(C)C)N1CC[C@]3(CCN(C(=O)C#C[C@@H]4COCCN4C4COC4)C3)C1=O)C(=O)N1CCC[C@@]([SiH3])(N1)C(=O)OCC(C)(C)C2. The standard InChI is InChI=1S/C59H76N8O9Si/c1-8-64-48-17-15-41-30-45(48)46(52(64)44-14-10-22-60-50(44)38(4)73-7)31-57(5,6)36-76-56(72)59(77)19-11-23-67(62-59)54(70)47(29-39-12-9-13-40(41)28-39)61-53(69)51(37(2)3)66-25-21-58(55(66)71)20-24-63(35-58)49(68)18-16-42-32-74-27-26-65(42)43-33-75-34-43/h9-10,12-15,17,22,28,30,37-38,42-43,47,51,62H,8,11,19-21,23-27,29,31-36H2,1-7,77H3,(H,61,69)/t38-,42+,47?,51-,58-,59-/m0/s1. The van der Waals surface area contributed by atoms with Gasteiger partial charge in [-0.25, -0.2) is 5.43 Å². The molecular formula is C59H76N8O9Si. The number of hydrogen-bond acceptors (Lipinski definition) is 12. The topological polar surface area (TPSA) is 177 Å². The number of nitrogens with one attached hydrogen (secondary N) is 2. The van der Waals surface area contributed by atoms with Gasteiger partial charge in [-0.1, -0.05) is 63.9 Å². The zero-order valence-electron chi connectivity index (χ0n) is 46.1. The quantitative estimate of drug-likeness (QED) is 0.140. The van der Waals surface area contributed by atoms with E-state index < -0.39 is 40.0 Å². The molecule has 6 atom stereocenters. The molecule has 8 heterocycles. The zero-order chi connectivity index (χ0) is 54.4. The van der Waals surface area contributed by atoms with Gasteiger partial charge in [0.1, 0.15) is 17.2 Å². The zero-order valence-corrected chi connectivity index (χ0v) is 48.1. The Labute approximate surface area is 455 Å². The molecule has 18 heteroatoms. The van der Waals surface area contributed by atoms with Gasteiger partial charge in [0.15, 0.2) is 0 Å². The third-order valence-electron chi connectivity index (χ3n) is 17.1.